The van der Waals surface area contributed by atoms with Gasteiger partial charge in [0, 0.05) is 19.6 Å². The van der Waals surface area contributed by atoms with Gasteiger partial charge in [0.25, 0.3) is 0 Å². The molecule has 2 heteroatoms. The molecule has 2 nitrogen and oxygen atoms in total. The highest BCUT2D eigenvalue weighted by atomic mass is 16.7. The first-order valence-electron chi connectivity index (χ1n) is 9.43. The summed E-state index contributed by atoms with van der Waals surface area (Å²) in [5.41, 5.74) is 0. The molecule has 128 valence electrons. The predicted molar refractivity (Wildman–Crippen MR) is 92.7 cm³/mol. The lowest BCUT2D eigenvalue weighted by molar-refractivity contribution is -0.152. The molecular weight excluding hydrogens is 260 g/mol. The van der Waals surface area contributed by atoms with Crippen LogP contribution >= 0.6 is 0 Å². The second-order valence-electron chi connectivity index (χ2n) is 6.63. The summed E-state index contributed by atoms with van der Waals surface area (Å²) in [4.78, 5) is 0. The molecule has 0 spiro atoms. The van der Waals surface area contributed by atoms with E-state index in [1.807, 2.05) is 0 Å². The third-order valence-electron chi connectivity index (χ3n) is 3.77. The molecule has 0 aliphatic heterocycles. The van der Waals surface area contributed by atoms with Crippen LogP contribution in [0.25, 0.3) is 0 Å². The minimum absolute atomic E-state index is 0.0160. The maximum atomic E-state index is 5.94. The fourth-order valence-electron chi connectivity index (χ4n) is 2.41. The van der Waals surface area contributed by atoms with Crippen molar-refractivity contribution in [3.8, 4) is 0 Å². The maximum Gasteiger partial charge on any atom is 0.157 e. The van der Waals surface area contributed by atoms with Crippen molar-refractivity contribution >= 4 is 0 Å². The van der Waals surface area contributed by atoms with Gasteiger partial charge in [-0.25, -0.2) is 0 Å². The smallest absolute Gasteiger partial charge is 0.157 e. The van der Waals surface area contributed by atoms with Crippen LogP contribution in [0.15, 0.2) is 0 Å². The van der Waals surface area contributed by atoms with Crippen molar-refractivity contribution in [3.63, 3.8) is 0 Å². The maximum absolute atomic E-state index is 5.94. The van der Waals surface area contributed by atoms with E-state index in [9.17, 15) is 0 Å². The van der Waals surface area contributed by atoms with Crippen molar-refractivity contribution < 1.29 is 9.47 Å². The second-order valence-corrected chi connectivity index (χ2v) is 6.63. The first kappa shape index (κ1) is 20.9. The molecular formula is C19H40O2. The molecule has 0 fully saturated rings. The quantitative estimate of drug-likeness (QED) is 0.245. The zero-order chi connectivity index (χ0) is 15.8. The molecule has 0 aliphatic rings. The first-order valence-corrected chi connectivity index (χ1v) is 9.43. The Hall–Kier alpha value is -0.0800. The Labute approximate surface area is 134 Å². The lowest BCUT2D eigenvalue weighted by Crippen LogP contribution is -2.21. The summed E-state index contributed by atoms with van der Waals surface area (Å²) in [6.45, 7) is 10.7. The molecule has 0 aliphatic carbocycles. The van der Waals surface area contributed by atoms with E-state index < -0.39 is 0 Å². The Balaban J connectivity index is 3.60. The molecule has 0 saturated carbocycles. The predicted octanol–water partition coefficient (Wildman–Crippen LogP) is 6.33. The van der Waals surface area contributed by atoms with Crippen molar-refractivity contribution in [3.05, 3.63) is 0 Å². The Morgan fingerprint density at radius 3 is 1.52 bits per heavy atom. The van der Waals surface area contributed by atoms with E-state index in [0.29, 0.717) is 5.92 Å². The molecule has 0 radical (unpaired) electrons. The highest BCUT2D eigenvalue weighted by molar-refractivity contribution is 4.52. The average Bonchev–Trinajstić information content (AvgIpc) is 2.45. The van der Waals surface area contributed by atoms with Crippen molar-refractivity contribution in [2.24, 2.45) is 5.92 Å². The summed E-state index contributed by atoms with van der Waals surface area (Å²) in [5, 5.41) is 0. The van der Waals surface area contributed by atoms with Gasteiger partial charge in [0.1, 0.15) is 0 Å². The van der Waals surface area contributed by atoms with Gasteiger partial charge in [-0.05, 0) is 18.8 Å². The summed E-state index contributed by atoms with van der Waals surface area (Å²) < 4.78 is 11.9. The molecule has 21 heavy (non-hydrogen) atoms. The van der Waals surface area contributed by atoms with Gasteiger partial charge in [-0.3, -0.25) is 0 Å². The van der Waals surface area contributed by atoms with Gasteiger partial charge in [-0.1, -0.05) is 79.1 Å². The first-order chi connectivity index (χ1) is 10.2. The molecule has 1 atom stereocenters. The van der Waals surface area contributed by atoms with Gasteiger partial charge < -0.3 is 9.47 Å². The second kappa shape index (κ2) is 16.3. The van der Waals surface area contributed by atoms with Crippen LogP contribution in [-0.4, -0.2) is 19.5 Å². The van der Waals surface area contributed by atoms with Gasteiger partial charge in [0.15, 0.2) is 6.29 Å². The molecule has 0 bridgehead atoms. The van der Waals surface area contributed by atoms with Crippen LogP contribution < -0.4 is 0 Å². The topological polar surface area (TPSA) is 18.5 Å². The van der Waals surface area contributed by atoms with Crippen LogP contribution in [0, 0.1) is 5.92 Å². The van der Waals surface area contributed by atoms with Crippen molar-refractivity contribution in [1.29, 1.82) is 0 Å². The van der Waals surface area contributed by atoms with E-state index in [4.69, 9.17) is 9.47 Å². The van der Waals surface area contributed by atoms with Gasteiger partial charge in [-0.2, -0.15) is 0 Å². The molecule has 1 unspecified atom stereocenters. The Morgan fingerprint density at radius 1 is 0.619 bits per heavy atom. The van der Waals surface area contributed by atoms with Crippen LogP contribution in [0.1, 0.15) is 98.3 Å². The summed E-state index contributed by atoms with van der Waals surface area (Å²) in [7, 11) is 0. The van der Waals surface area contributed by atoms with Gasteiger partial charge in [0.05, 0.1) is 0 Å². The van der Waals surface area contributed by atoms with E-state index in [-0.39, 0.29) is 6.29 Å². The van der Waals surface area contributed by atoms with Crippen LogP contribution in [0.4, 0.5) is 0 Å². The lowest BCUT2D eigenvalue weighted by Gasteiger charge is -2.20. The zero-order valence-corrected chi connectivity index (χ0v) is 15.2. The van der Waals surface area contributed by atoms with E-state index in [1.54, 1.807) is 0 Å². The highest BCUT2D eigenvalue weighted by Crippen LogP contribution is 2.13. The molecule has 0 amide bonds. The van der Waals surface area contributed by atoms with E-state index in [2.05, 4.69) is 27.7 Å². The minimum atomic E-state index is 0.0160. The van der Waals surface area contributed by atoms with Crippen molar-refractivity contribution in [2.75, 3.05) is 13.2 Å². The Kier molecular flexibility index (Phi) is 16.2. The molecule has 0 saturated heterocycles. The summed E-state index contributed by atoms with van der Waals surface area (Å²) in [6, 6.07) is 0. The van der Waals surface area contributed by atoms with Gasteiger partial charge >= 0.3 is 0 Å². The van der Waals surface area contributed by atoms with Gasteiger partial charge in [-0.15, -0.1) is 0 Å². The van der Waals surface area contributed by atoms with Crippen LogP contribution in [0.2, 0.25) is 0 Å². The molecule has 0 N–H and O–H groups in total. The summed E-state index contributed by atoms with van der Waals surface area (Å²) >= 11 is 0. The van der Waals surface area contributed by atoms with Crippen LogP contribution in [0.5, 0.6) is 0 Å². The Morgan fingerprint density at radius 2 is 1.05 bits per heavy atom. The third kappa shape index (κ3) is 16.1. The number of rotatable bonds is 16. The summed E-state index contributed by atoms with van der Waals surface area (Å²) in [6.07, 6.45) is 14.0. The SMILES string of the molecule is CCCCCCCCOC(CC(C)C)OCCCCCC. The van der Waals surface area contributed by atoms with Gasteiger partial charge in [0.2, 0.25) is 0 Å². The molecule has 0 heterocycles. The molecule has 0 rings (SSSR count). The number of unbranched alkanes of at least 4 members (excludes halogenated alkanes) is 8. The van der Waals surface area contributed by atoms with E-state index >= 15 is 0 Å². The normalized spacial score (nSPS) is 13.0. The Bertz CT molecular complexity index is 192. The standard InChI is InChI=1S/C19H40O2/c1-5-7-9-11-12-14-16-21-19(17-18(3)4)20-15-13-10-8-6-2/h18-19H,5-17H2,1-4H3. The van der Waals surface area contributed by atoms with Crippen LogP contribution in [-0.2, 0) is 9.47 Å². The fraction of sp³-hybridized carbons (Fsp3) is 1.00. The van der Waals surface area contributed by atoms with Crippen molar-refractivity contribution in [2.45, 2.75) is 105 Å². The van der Waals surface area contributed by atoms with Crippen molar-refractivity contribution in [1.82, 2.24) is 0 Å². The zero-order valence-electron chi connectivity index (χ0n) is 15.2. The summed E-state index contributed by atoms with van der Waals surface area (Å²) in [5.74, 6) is 0.634. The van der Waals surface area contributed by atoms with E-state index in [1.165, 1.54) is 64.2 Å². The number of ether oxygens (including phenoxy) is 2. The lowest BCUT2D eigenvalue weighted by atomic mass is 10.1. The minimum Gasteiger partial charge on any atom is -0.353 e. The molecule has 0 aromatic rings. The monoisotopic (exact) mass is 300 g/mol. The largest absolute Gasteiger partial charge is 0.353 e. The number of hydrogen-bond donors (Lipinski definition) is 0. The fourth-order valence-corrected chi connectivity index (χ4v) is 2.41. The number of hydrogen-bond acceptors (Lipinski definition) is 2. The third-order valence-corrected chi connectivity index (χ3v) is 3.77. The van der Waals surface area contributed by atoms with E-state index in [0.717, 1.165) is 19.6 Å². The highest BCUT2D eigenvalue weighted by Gasteiger charge is 2.11. The average molecular weight is 301 g/mol. The molecule has 0 aromatic heterocycles. The van der Waals surface area contributed by atoms with Crippen LogP contribution in [0.3, 0.4) is 0 Å². The molecule has 0 aromatic carbocycles.